The predicted octanol–water partition coefficient (Wildman–Crippen LogP) is 1.54. The standard InChI is InChI=1S/C17H24N2O5/c1-12(2)19(11-15(20)23-3)16(21)13-6-8-18(9-7-13)17(22)14-5-4-10-24-14/h4-5,10,12-13H,6-9,11H2,1-3H3. The minimum absolute atomic E-state index is 0.0431. The van der Waals surface area contributed by atoms with Crippen molar-refractivity contribution in [2.45, 2.75) is 32.7 Å². The first kappa shape index (κ1) is 18.0. The third kappa shape index (κ3) is 4.15. The number of piperidine rings is 1. The summed E-state index contributed by atoms with van der Waals surface area (Å²) in [5.74, 6) is -0.504. The number of ether oxygens (including phenoxy) is 1. The number of carbonyl (C=O) groups is 3. The molecule has 0 aromatic carbocycles. The summed E-state index contributed by atoms with van der Waals surface area (Å²) in [6.07, 6.45) is 2.63. The lowest BCUT2D eigenvalue weighted by atomic mass is 9.94. The number of amides is 2. The number of likely N-dealkylation sites (tertiary alicyclic amines) is 1. The van der Waals surface area contributed by atoms with Crippen molar-refractivity contribution < 1.29 is 23.5 Å². The molecule has 0 bridgehead atoms. The van der Waals surface area contributed by atoms with Gasteiger partial charge in [-0.25, -0.2) is 0 Å². The van der Waals surface area contributed by atoms with E-state index in [0.717, 1.165) is 0 Å². The topological polar surface area (TPSA) is 80.1 Å². The Bertz CT molecular complexity index is 574. The van der Waals surface area contributed by atoms with E-state index in [0.29, 0.717) is 31.7 Å². The van der Waals surface area contributed by atoms with Gasteiger partial charge in [0.15, 0.2) is 5.76 Å². The Morgan fingerprint density at radius 3 is 2.50 bits per heavy atom. The molecule has 0 unspecified atom stereocenters. The highest BCUT2D eigenvalue weighted by molar-refractivity contribution is 5.91. The number of furan rings is 1. The summed E-state index contributed by atoms with van der Waals surface area (Å²) in [5.41, 5.74) is 0. The lowest BCUT2D eigenvalue weighted by Gasteiger charge is -2.35. The molecule has 0 saturated carbocycles. The van der Waals surface area contributed by atoms with E-state index in [1.165, 1.54) is 13.4 Å². The van der Waals surface area contributed by atoms with Gasteiger partial charge in [-0.2, -0.15) is 0 Å². The molecule has 132 valence electrons. The number of rotatable bonds is 5. The molecule has 2 rings (SSSR count). The van der Waals surface area contributed by atoms with Gasteiger partial charge in [-0.05, 0) is 38.8 Å². The Hall–Kier alpha value is -2.31. The van der Waals surface area contributed by atoms with Crippen LogP contribution in [0.15, 0.2) is 22.8 Å². The van der Waals surface area contributed by atoms with E-state index < -0.39 is 5.97 Å². The average Bonchev–Trinajstić information content (AvgIpc) is 3.12. The van der Waals surface area contributed by atoms with Crippen LogP contribution in [0.1, 0.15) is 37.2 Å². The van der Waals surface area contributed by atoms with Crippen molar-refractivity contribution in [1.82, 2.24) is 9.80 Å². The molecule has 0 aliphatic carbocycles. The molecular formula is C17H24N2O5. The van der Waals surface area contributed by atoms with Crippen molar-refractivity contribution in [3.63, 3.8) is 0 Å². The quantitative estimate of drug-likeness (QED) is 0.762. The van der Waals surface area contributed by atoms with E-state index in [2.05, 4.69) is 4.74 Å². The molecular weight excluding hydrogens is 312 g/mol. The van der Waals surface area contributed by atoms with E-state index >= 15 is 0 Å². The largest absolute Gasteiger partial charge is 0.468 e. The molecule has 1 aliphatic heterocycles. The molecule has 0 atom stereocenters. The number of nitrogens with zero attached hydrogens (tertiary/aromatic N) is 2. The van der Waals surface area contributed by atoms with Crippen molar-refractivity contribution in [2.24, 2.45) is 5.92 Å². The first-order chi connectivity index (χ1) is 11.4. The second-order valence-electron chi connectivity index (χ2n) is 6.18. The fourth-order valence-corrected chi connectivity index (χ4v) is 2.84. The van der Waals surface area contributed by atoms with Crippen molar-refractivity contribution in [2.75, 3.05) is 26.7 Å². The Balaban J connectivity index is 1.93. The van der Waals surface area contributed by atoms with Crippen LogP contribution in [0.5, 0.6) is 0 Å². The van der Waals surface area contributed by atoms with Crippen molar-refractivity contribution in [1.29, 1.82) is 0 Å². The molecule has 2 heterocycles. The van der Waals surface area contributed by atoms with Crippen LogP contribution in [-0.2, 0) is 14.3 Å². The van der Waals surface area contributed by atoms with Gasteiger partial charge < -0.3 is 19.0 Å². The number of esters is 1. The minimum atomic E-state index is -0.428. The molecule has 0 radical (unpaired) electrons. The molecule has 1 aromatic rings. The van der Waals surface area contributed by atoms with E-state index in [1.54, 1.807) is 21.9 Å². The lowest BCUT2D eigenvalue weighted by Crippen LogP contribution is -2.48. The molecule has 1 aliphatic rings. The summed E-state index contributed by atoms with van der Waals surface area (Å²) in [7, 11) is 1.31. The Morgan fingerprint density at radius 2 is 2.00 bits per heavy atom. The van der Waals surface area contributed by atoms with E-state index in [1.807, 2.05) is 13.8 Å². The Kier molecular flexibility index (Phi) is 6.00. The average molecular weight is 336 g/mol. The van der Waals surface area contributed by atoms with E-state index in [4.69, 9.17) is 4.42 Å². The molecule has 0 N–H and O–H groups in total. The summed E-state index contributed by atoms with van der Waals surface area (Å²) in [5, 5.41) is 0. The highest BCUT2D eigenvalue weighted by atomic mass is 16.5. The third-order valence-electron chi connectivity index (χ3n) is 4.30. The molecule has 1 aromatic heterocycles. The van der Waals surface area contributed by atoms with Gasteiger partial charge in [0.25, 0.3) is 5.91 Å². The lowest BCUT2D eigenvalue weighted by molar-refractivity contribution is -0.150. The highest BCUT2D eigenvalue weighted by Crippen LogP contribution is 2.22. The molecule has 0 spiro atoms. The van der Waals surface area contributed by atoms with Crippen LogP contribution in [0.4, 0.5) is 0 Å². The Labute approximate surface area is 141 Å². The van der Waals surface area contributed by atoms with Crippen LogP contribution >= 0.6 is 0 Å². The Morgan fingerprint density at radius 1 is 1.33 bits per heavy atom. The number of methoxy groups -OCH3 is 1. The summed E-state index contributed by atoms with van der Waals surface area (Å²) in [6.45, 7) is 4.70. The smallest absolute Gasteiger partial charge is 0.325 e. The van der Waals surface area contributed by atoms with Crippen LogP contribution in [-0.4, -0.2) is 60.4 Å². The van der Waals surface area contributed by atoms with Gasteiger partial charge in [-0.3, -0.25) is 14.4 Å². The zero-order valence-corrected chi connectivity index (χ0v) is 14.4. The molecule has 2 amide bonds. The predicted molar refractivity (Wildman–Crippen MR) is 86.2 cm³/mol. The van der Waals surface area contributed by atoms with Crippen LogP contribution in [0.3, 0.4) is 0 Å². The van der Waals surface area contributed by atoms with Gasteiger partial charge in [0, 0.05) is 25.0 Å². The van der Waals surface area contributed by atoms with Crippen LogP contribution in [0, 0.1) is 5.92 Å². The first-order valence-electron chi connectivity index (χ1n) is 8.14. The minimum Gasteiger partial charge on any atom is -0.468 e. The molecule has 1 fully saturated rings. The summed E-state index contributed by atoms with van der Waals surface area (Å²) >= 11 is 0. The fourth-order valence-electron chi connectivity index (χ4n) is 2.84. The van der Waals surface area contributed by atoms with Crippen molar-refractivity contribution >= 4 is 17.8 Å². The second kappa shape index (κ2) is 7.99. The first-order valence-corrected chi connectivity index (χ1v) is 8.14. The fraction of sp³-hybridized carbons (Fsp3) is 0.588. The third-order valence-corrected chi connectivity index (χ3v) is 4.30. The molecule has 24 heavy (non-hydrogen) atoms. The van der Waals surface area contributed by atoms with Crippen molar-refractivity contribution in [3.8, 4) is 0 Å². The van der Waals surface area contributed by atoms with Gasteiger partial charge in [0.2, 0.25) is 5.91 Å². The normalized spacial score (nSPS) is 15.4. The summed E-state index contributed by atoms with van der Waals surface area (Å²) in [4.78, 5) is 39.7. The van der Waals surface area contributed by atoms with Gasteiger partial charge in [0.1, 0.15) is 6.54 Å². The SMILES string of the molecule is COC(=O)CN(C(=O)C1CCN(C(=O)c2ccco2)CC1)C(C)C. The van der Waals surface area contributed by atoms with Crippen LogP contribution < -0.4 is 0 Å². The monoisotopic (exact) mass is 336 g/mol. The van der Waals surface area contributed by atoms with Gasteiger partial charge in [-0.15, -0.1) is 0 Å². The van der Waals surface area contributed by atoms with Crippen LogP contribution in [0.25, 0.3) is 0 Å². The maximum absolute atomic E-state index is 12.7. The van der Waals surface area contributed by atoms with Gasteiger partial charge in [0.05, 0.1) is 13.4 Å². The zero-order valence-electron chi connectivity index (χ0n) is 14.4. The highest BCUT2D eigenvalue weighted by Gasteiger charge is 2.32. The maximum Gasteiger partial charge on any atom is 0.325 e. The molecule has 7 nitrogen and oxygen atoms in total. The second-order valence-corrected chi connectivity index (χ2v) is 6.18. The number of hydrogen-bond donors (Lipinski definition) is 0. The van der Waals surface area contributed by atoms with E-state index in [-0.39, 0.29) is 30.3 Å². The molecule has 7 heteroatoms. The summed E-state index contributed by atoms with van der Waals surface area (Å²) < 4.78 is 9.79. The van der Waals surface area contributed by atoms with E-state index in [9.17, 15) is 14.4 Å². The van der Waals surface area contributed by atoms with Gasteiger partial charge in [-0.1, -0.05) is 0 Å². The zero-order chi connectivity index (χ0) is 17.7. The van der Waals surface area contributed by atoms with Crippen LogP contribution in [0.2, 0.25) is 0 Å². The number of carbonyl (C=O) groups excluding carboxylic acids is 3. The molecule has 1 saturated heterocycles. The van der Waals surface area contributed by atoms with Crippen molar-refractivity contribution in [3.05, 3.63) is 24.2 Å². The maximum atomic E-state index is 12.7. The number of hydrogen-bond acceptors (Lipinski definition) is 5. The van der Waals surface area contributed by atoms with Gasteiger partial charge >= 0.3 is 5.97 Å². The summed E-state index contributed by atoms with van der Waals surface area (Å²) in [6, 6.07) is 3.23.